The molecule has 1 aromatic rings. The van der Waals surface area contributed by atoms with Crippen LogP contribution in [0.25, 0.3) is 0 Å². The van der Waals surface area contributed by atoms with Gasteiger partial charge in [0, 0.05) is 38.0 Å². The molecule has 17 heavy (non-hydrogen) atoms. The van der Waals surface area contributed by atoms with Gasteiger partial charge in [-0.3, -0.25) is 4.90 Å². The van der Waals surface area contributed by atoms with Gasteiger partial charge in [-0.1, -0.05) is 18.2 Å². The lowest BCUT2D eigenvalue weighted by Crippen LogP contribution is -2.25. The van der Waals surface area contributed by atoms with Gasteiger partial charge >= 0.3 is 0 Å². The Bertz CT molecular complexity index is 413. The Balaban J connectivity index is 2.62. The molecule has 4 heteroatoms. The highest BCUT2D eigenvalue weighted by molar-refractivity contribution is 5.17. The first-order valence-corrected chi connectivity index (χ1v) is 5.47. The van der Waals surface area contributed by atoms with E-state index in [1.807, 2.05) is 4.90 Å². The second-order valence-corrected chi connectivity index (χ2v) is 3.68. The summed E-state index contributed by atoms with van der Waals surface area (Å²) in [6.07, 6.45) is 0.778. The predicted molar refractivity (Wildman–Crippen MR) is 62.1 cm³/mol. The standard InChI is InChI=1S/C13H14FN3/c14-13-6-2-1-5-12(13)11-17(9-3-7-15)10-4-8-16/h1-2,5-6H,3-4,9-11H2. The van der Waals surface area contributed by atoms with Gasteiger partial charge in [-0.15, -0.1) is 0 Å². The van der Waals surface area contributed by atoms with Crippen LogP contribution in [0.15, 0.2) is 24.3 Å². The van der Waals surface area contributed by atoms with Crippen molar-refractivity contribution in [1.82, 2.24) is 4.90 Å². The molecular weight excluding hydrogens is 217 g/mol. The number of nitriles is 2. The highest BCUT2D eigenvalue weighted by Crippen LogP contribution is 2.10. The molecule has 0 radical (unpaired) electrons. The normalized spacial score (nSPS) is 9.88. The summed E-state index contributed by atoms with van der Waals surface area (Å²) in [5.74, 6) is -0.244. The van der Waals surface area contributed by atoms with E-state index in [0.717, 1.165) is 0 Å². The molecule has 0 bridgehead atoms. The van der Waals surface area contributed by atoms with E-state index in [1.54, 1.807) is 18.2 Å². The fraction of sp³-hybridized carbons (Fsp3) is 0.385. The topological polar surface area (TPSA) is 50.8 Å². The van der Waals surface area contributed by atoms with Gasteiger partial charge in [0.25, 0.3) is 0 Å². The van der Waals surface area contributed by atoms with Gasteiger partial charge in [0.05, 0.1) is 12.1 Å². The molecule has 0 unspecified atom stereocenters. The molecule has 0 aliphatic carbocycles. The van der Waals surface area contributed by atoms with Crippen LogP contribution in [0.2, 0.25) is 0 Å². The lowest BCUT2D eigenvalue weighted by Gasteiger charge is -2.19. The highest BCUT2D eigenvalue weighted by Gasteiger charge is 2.08. The smallest absolute Gasteiger partial charge is 0.127 e. The van der Waals surface area contributed by atoms with Gasteiger partial charge in [0.1, 0.15) is 5.82 Å². The third-order valence-electron chi connectivity index (χ3n) is 2.43. The minimum absolute atomic E-state index is 0.244. The zero-order valence-corrected chi connectivity index (χ0v) is 9.56. The lowest BCUT2D eigenvalue weighted by atomic mass is 10.2. The maximum absolute atomic E-state index is 13.4. The molecule has 1 rings (SSSR count). The van der Waals surface area contributed by atoms with E-state index in [1.165, 1.54) is 6.07 Å². The number of rotatable bonds is 6. The summed E-state index contributed by atoms with van der Waals surface area (Å²) in [6.45, 7) is 1.56. The van der Waals surface area contributed by atoms with Crippen molar-refractivity contribution in [1.29, 1.82) is 10.5 Å². The van der Waals surface area contributed by atoms with E-state index in [0.29, 0.717) is 38.0 Å². The largest absolute Gasteiger partial charge is 0.297 e. The first-order chi connectivity index (χ1) is 8.27. The van der Waals surface area contributed by atoms with Gasteiger partial charge in [0.15, 0.2) is 0 Å². The van der Waals surface area contributed by atoms with Crippen molar-refractivity contribution in [3.8, 4) is 12.1 Å². The minimum atomic E-state index is -0.244. The monoisotopic (exact) mass is 231 g/mol. The van der Waals surface area contributed by atoms with E-state index in [2.05, 4.69) is 12.1 Å². The maximum atomic E-state index is 13.4. The van der Waals surface area contributed by atoms with Crippen molar-refractivity contribution in [2.75, 3.05) is 13.1 Å². The molecule has 1 aromatic carbocycles. The Morgan fingerprint density at radius 1 is 1.06 bits per heavy atom. The molecule has 0 aromatic heterocycles. The highest BCUT2D eigenvalue weighted by atomic mass is 19.1. The number of hydrogen-bond acceptors (Lipinski definition) is 3. The number of halogens is 1. The second-order valence-electron chi connectivity index (χ2n) is 3.68. The molecule has 0 aliphatic heterocycles. The molecule has 0 N–H and O–H groups in total. The van der Waals surface area contributed by atoms with E-state index < -0.39 is 0 Å². The van der Waals surface area contributed by atoms with Crippen molar-refractivity contribution >= 4 is 0 Å². The SMILES string of the molecule is N#CCCN(CCC#N)Cc1ccccc1F. The number of hydrogen-bond donors (Lipinski definition) is 0. The van der Waals surface area contributed by atoms with Gasteiger partial charge < -0.3 is 0 Å². The lowest BCUT2D eigenvalue weighted by molar-refractivity contribution is 0.274. The quantitative estimate of drug-likeness (QED) is 0.755. The van der Waals surface area contributed by atoms with Crippen molar-refractivity contribution in [2.24, 2.45) is 0 Å². The molecule has 0 saturated carbocycles. The molecule has 0 saturated heterocycles. The van der Waals surface area contributed by atoms with Crippen molar-refractivity contribution < 1.29 is 4.39 Å². The van der Waals surface area contributed by atoms with E-state index in [9.17, 15) is 4.39 Å². The van der Waals surface area contributed by atoms with Gasteiger partial charge in [-0.2, -0.15) is 10.5 Å². The first-order valence-electron chi connectivity index (χ1n) is 5.47. The van der Waals surface area contributed by atoms with Gasteiger partial charge in [-0.25, -0.2) is 4.39 Å². The van der Waals surface area contributed by atoms with Crippen LogP contribution in [-0.2, 0) is 6.54 Å². The zero-order valence-electron chi connectivity index (χ0n) is 9.56. The fourth-order valence-electron chi connectivity index (χ4n) is 1.55. The summed E-state index contributed by atoms with van der Waals surface area (Å²) in [5.41, 5.74) is 0.600. The van der Waals surface area contributed by atoms with Crippen LogP contribution in [0, 0.1) is 28.5 Å². The summed E-state index contributed by atoms with van der Waals surface area (Å²) in [4.78, 5) is 1.92. The van der Waals surface area contributed by atoms with Crippen molar-refractivity contribution in [2.45, 2.75) is 19.4 Å². The molecule has 0 fully saturated rings. The second kappa shape index (κ2) is 7.38. The zero-order chi connectivity index (χ0) is 12.5. The van der Waals surface area contributed by atoms with Crippen LogP contribution in [0.4, 0.5) is 4.39 Å². The molecule has 0 spiro atoms. The first kappa shape index (κ1) is 13.2. The van der Waals surface area contributed by atoms with E-state index >= 15 is 0 Å². The fourth-order valence-corrected chi connectivity index (χ4v) is 1.55. The Morgan fingerprint density at radius 3 is 2.18 bits per heavy atom. The van der Waals surface area contributed by atoms with Crippen LogP contribution in [0.1, 0.15) is 18.4 Å². The average Bonchev–Trinajstić information content (AvgIpc) is 2.35. The Labute approximate surface area is 101 Å². The number of benzene rings is 1. The molecule has 0 amide bonds. The molecule has 88 valence electrons. The summed E-state index contributed by atoms with van der Waals surface area (Å²) < 4.78 is 13.4. The van der Waals surface area contributed by atoms with Crippen LogP contribution < -0.4 is 0 Å². The van der Waals surface area contributed by atoms with Crippen LogP contribution >= 0.6 is 0 Å². The Hall–Kier alpha value is -1.91. The summed E-state index contributed by atoms with van der Waals surface area (Å²) >= 11 is 0. The molecule has 0 heterocycles. The summed E-state index contributed by atoms with van der Waals surface area (Å²) in [5, 5.41) is 17.1. The van der Waals surface area contributed by atoms with Gasteiger partial charge in [-0.05, 0) is 6.07 Å². The van der Waals surface area contributed by atoms with E-state index in [4.69, 9.17) is 10.5 Å². The third-order valence-corrected chi connectivity index (χ3v) is 2.43. The van der Waals surface area contributed by atoms with Gasteiger partial charge in [0.2, 0.25) is 0 Å². The summed E-state index contributed by atoms with van der Waals surface area (Å²) in [6, 6.07) is 10.7. The Morgan fingerprint density at radius 2 is 1.65 bits per heavy atom. The third kappa shape index (κ3) is 4.63. The maximum Gasteiger partial charge on any atom is 0.127 e. The minimum Gasteiger partial charge on any atom is -0.297 e. The molecule has 3 nitrogen and oxygen atoms in total. The molecule has 0 atom stereocenters. The van der Waals surface area contributed by atoms with Crippen molar-refractivity contribution in [3.63, 3.8) is 0 Å². The molecular formula is C13H14FN3. The predicted octanol–water partition coefficient (Wildman–Crippen LogP) is 2.46. The van der Waals surface area contributed by atoms with Crippen LogP contribution in [0.3, 0.4) is 0 Å². The van der Waals surface area contributed by atoms with E-state index in [-0.39, 0.29) is 5.82 Å². The van der Waals surface area contributed by atoms with Crippen LogP contribution in [-0.4, -0.2) is 18.0 Å². The average molecular weight is 231 g/mol. The van der Waals surface area contributed by atoms with Crippen LogP contribution in [0.5, 0.6) is 0 Å². The summed E-state index contributed by atoms with van der Waals surface area (Å²) in [7, 11) is 0. The Kier molecular flexibility index (Phi) is 5.71. The number of nitrogens with zero attached hydrogens (tertiary/aromatic N) is 3. The molecule has 0 aliphatic rings. The van der Waals surface area contributed by atoms with Crippen molar-refractivity contribution in [3.05, 3.63) is 35.6 Å².